The van der Waals surface area contributed by atoms with Crippen LogP contribution in [-0.4, -0.2) is 87.6 Å². The van der Waals surface area contributed by atoms with Crippen LogP contribution in [0, 0.1) is 12.8 Å². The minimum atomic E-state index is -3.96. The number of carbonyl (C=O) groups is 4. The Morgan fingerprint density at radius 3 is 2.52 bits per heavy atom. The van der Waals surface area contributed by atoms with Crippen LogP contribution in [0.3, 0.4) is 0 Å². The Labute approximate surface area is 309 Å². The number of aryl methyl sites for hydroxylation is 1. The van der Waals surface area contributed by atoms with E-state index in [2.05, 4.69) is 30.5 Å². The van der Waals surface area contributed by atoms with E-state index in [9.17, 15) is 36.4 Å². The molecular weight excluding hydrogens is 728 g/mol. The molecule has 5 atom stereocenters. The van der Waals surface area contributed by atoms with Crippen LogP contribution in [0.1, 0.15) is 86.7 Å². The number of nitrogens with zero attached hydrogens (tertiary/aromatic N) is 4. The Kier molecular flexibility index (Phi) is 9.91. The molecule has 54 heavy (non-hydrogen) atoms. The number of halogens is 2. The molecule has 0 bridgehead atoms. The molecule has 1 unspecified atom stereocenters. The molecule has 2 aromatic heterocycles. The van der Waals surface area contributed by atoms with Gasteiger partial charge in [-0.1, -0.05) is 42.3 Å². The minimum absolute atomic E-state index is 0.0463. The van der Waals surface area contributed by atoms with Crippen molar-refractivity contribution < 1.29 is 45.6 Å². The summed E-state index contributed by atoms with van der Waals surface area (Å²) in [7, 11) is -3.96. The van der Waals surface area contributed by atoms with Crippen molar-refractivity contribution in [3.8, 4) is 5.88 Å². The van der Waals surface area contributed by atoms with Gasteiger partial charge in [0, 0.05) is 25.3 Å². The Morgan fingerprint density at radius 1 is 1.09 bits per heavy atom. The lowest BCUT2D eigenvalue weighted by atomic mass is 10.0. The number of allylic oxidation sites excluding steroid dienone is 1. The third-order valence-corrected chi connectivity index (χ3v) is 12.1. The Bertz CT molecular complexity index is 2120. The number of fused-ring (bicyclic) bond motifs is 3. The highest BCUT2D eigenvalue weighted by Crippen LogP contribution is 2.46. The number of hydrogen-bond donors (Lipinski definition) is 3. The predicted molar refractivity (Wildman–Crippen MR) is 187 cm³/mol. The SMILES string of the molecule is Cc1cc(C(=O)N[C@H]2CCCCC/C=C\C3C[C@@]3(C(=O)NS(=O)(=O)C3CC3)NC(=O)[C@@H]3C[C@@H](Oc4nc5ccccc5nc4C(C)(F)F)CN3C2=O)no1. The van der Waals surface area contributed by atoms with Gasteiger partial charge in [-0.25, -0.2) is 18.4 Å². The zero-order valence-electron chi connectivity index (χ0n) is 29.7. The summed E-state index contributed by atoms with van der Waals surface area (Å²) in [5, 5.41) is 8.55. The van der Waals surface area contributed by atoms with Gasteiger partial charge in [-0.2, -0.15) is 8.78 Å². The summed E-state index contributed by atoms with van der Waals surface area (Å²) in [5.41, 5.74) is -1.88. The zero-order valence-corrected chi connectivity index (χ0v) is 30.5. The maximum atomic E-state index is 14.9. The lowest BCUT2D eigenvalue weighted by molar-refractivity contribution is -0.141. The molecule has 1 saturated heterocycles. The topological polar surface area (TPSA) is 203 Å². The van der Waals surface area contributed by atoms with E-state index in [4.69, 9.17) is 9.26 Å². The smallest absolute Gasteiger partial charge is 0.292 e. The van der Waals surface area contributed by atoms with Crippen LogP contribution < -0.4 is 20.1 Å². The van der Waals surface area contributed by atoms with Gasteiger partial charge in [0.1, 0.15) is 29.5 Å². The molecular formula is C36H41F2N7O8S. The summed E-state index contributed by atoms with van der Waals surface area (Å²) in [5.74, 6) is -7.04. The minimum Gasteiger partial charge on any atom is -0.471 e. The van der Waals surface area contributed by atoms with Crippen molar-refractivity contribution in [2.75, 3.05) is 6.54 Å². The van der Waals surface area contributed by atoms with Crippen molar-refractivity contribution in [2.24, 2.45) is 5.92 Å². The summed E-state index contributed by atoms with van der Waals surface area (Å²) < 4.78 is 68.7. The van der Waals surface area contributed by atoms with Gasteiger partial charge in [-0.3, -0.25) is 23.9 Å². The highest BCUT2D eigenvalue weighted by molar-refractivity contribution is 7.91. The van der Waals surface area contributed by atoms with E-state index in [1.165, 1.54) is 17.0 Å². The molecule has 3 N–H and O–H groups in total. The lowest BCUT2D eigenvalue weighted by Crippen LogP contribution is -2.58. The Balaban J connectivity index is 1.22. The number of amides is 4. The van der Waals surface area contributed by atoms with Crippen molar-refractivity contribution in [1.82, 2.24) is 35.4 Å². The Hall–Kier alpha value is -5.00. The lowest BCUT2D eigenvalue weighted by Gasteiger charge is -2.29. The van der Waals surface area contributed by atoms with Crippen LogP contribution in [0.4, 0.5) is 8.78 Å². The zero-order chi connectivity index (χ0) is 38.4. The first-order valence-corrected chi connectivity index (χ1v) is 19.6. The number of nitrogens with one attached hydrogen (secondary N) is 3. The molecule has 2 aliphatic heterocycles. The molecule has 2 aliphatic carbocycles. The third kappa shape index (κ3) is 7.79. The van der Waals surface area contributed by atoms with E-state index in [1.54, 1.807) is 31.2 Å². The Morgan fingerprint density at radius 2 is 1.83 bits per heavy atom. The highest BCUT2D eigenvalue weighted by atomic mass is 32.2. The van der Waals surface area contributed by atoms with E-state index >= 15 is 0 Å². The molecule has 0 spiro atoms. The highest BCUT2D eigenvalue weighted by Gasteiger charge is 2.62. The van der Waals surface area contributed by atoms with Gasteiger partial charge in [0.05, 0.1) is 22.8 Å². The van der Waals surface area contributed by atoms with Crippen LogP contribution in [0.2, 0.25) is 0 Å². The first-order valence-electron chi connectivity index (χ1n) is 18.1. The van der Waals surface area contributed by atoms with Crippen molar-refractivity contribution in [1.29, 1.82) is 0 Å². The summed E-state index contributed by atoms with van der Waals surface area (Å²) in [6.45, 7) is 2.00. The van der Waals surface area contributed by atoms with Crippen molar-refractivity contribution in [3.05, 3.63) is 59.6 Å². The summed E-state index contributed by atoms with van der Waals surface area (Å²) in [6.07, 6.45) is 6.17. The van der Waals surface area contributed by atoms with Crippen LogP contribution in [0.15, 0.2) is 47.0 Å². The average molecular weight is 770 g/mol. The molecule has 4 aliphatic rings. The molecule has 7 rings (SSSR count). The molecule has 288 valence electrons. The van der Waals surface area contributed by atoms with Crippen molar-refractivity contribution >= 4 is 44.7 Å². The van der Waals surface area contributed by atoms with E-state index < -0.39 is 86.0 Å². The molecule has 4 heterocycles. The molecule has 15 nitrogen and oxygen atoms in total. The van der Waals surface area contributed by atoms with Gasteiger partial charge >= 0.3 is 0 Å². The second-order valence-electron chi connectivity index (χ2n) is 14.6. The van der Waals surface area contributed by atoms with Gasteiger partial charge in [-0.05, 0) is 57.6 Å². The second kappa shape index (κ2) is 14.3. The van der Waals surface area contributed by atoms with Gasteiger partial charge in [0.15, 0.2) is 11.4 Å². The number of para-hydroxylation sites is 2. The fourth-order valence-electron chi connectivity index (χ4n) is 7.06. The molecule has 3 fully saturated rings. The van der Waals surface area contributed by atoms with Gasteiger partial charge in [0.25, 0.3) is 17.7 Å². The fraction of sp³-hybridized carbons (Fsp3) is 0.528. The number of aromatic nitrogens is 3. The predicted octanol–water partition coefficient (Wildman–Crippen LogP) is 3.19. The van der Waals surface area contributed by atoms with E-state index in [0.717, 1.165) is 6.42 Å². The van der Waals surface area contributed by atoms with Gasteiger partial charge in [0.2, 0.25) is 27.7 Å². The largest absolute Gasteiger partial charge is 0.471 e. The van der Waals surface area contributed by atoms with Gasteiger partial charge < -0.3 is 24.8 Å². The van der Waals surface area contributed by atoms with Crippen LogP contribution >= 0.6 is 0 Å². The van der Waals surface area contributed by atoms with Crippen LogP contribution in [-0.2, 0) is 30.3 Å². The van der Waals surface area contributed by atoms with Gasteiger partial charge in [-0.15, -0.1) is 0 Å². The number of rotatable bonds is 8. The summed E-state index contributed by atoms with van der Waals surface area (Å²) in [6, 6.07) is 5.39. The quantitative estimate of drug-likeness (QED) is 0.284. The van der Waals surface area contributed by atoms with Crippen molar-refractivity contribution in [2.45, 2.75) is 107 Å². The molecule has 3 aromatic rings. The van der Waals surface area contributed by atoms with E-state index in [0.29, 0.717) is 44.8 Å². The first kappa shape index (κ1) is 37.3. The van der Waals surface area contributed by atoms with E-state index in [1.807, 2.05) is 6.08 Å². The molecule has 18 heteroatoms. The van der Waals surface area contributed by atoms with Crippen LogP contribution in [0.5, 0.6) is 5.88 Å². The third-order valence-electron chi connectivity index (χ3n) is 10.2. The average Bonchev–Trinajstić information content (AvgIpc) is 4.01. The molecule has 1 aromatic carbocycles. The monoisotopic (exact) mass is 769 g/mol. The number of carbonyl (C=O) groups excluding carboxylic acids is 4. The summed E-state index contributed by atoms with van der Waals surface area (Å²) in [4.78, 5) is 65.3. The first-order chi connectivity index (χ1) is 25.6. The number of ether oxygens (including phenoxy) is 1. The van der Waals surface area contributed by atoms with E-state index in [-0.39, 0.29) is 42.5 Å². The standard InChI is InChI=1S/C36H41F2N7O8S/c1-20-16-27(43-53-20)30(46)40-26-13-7-5-3-4-6-10-21-18-36(21,34(49)44-54(50,51)23-14-15-23)42-31(47)28-17-22(19-45(28)33(26)48)52-32-29(35(2,37)38)39-24-11-8-9-12-25(24)41-32/h6,8-12,16,21-23,26,28H,3-5,7,13-15,17-19H2,1-2H3,(H,40,46)(H,42,47)(H,44,49)/b10-6-/t21?,22-,26+,28+,36-/m1/s1. The summed E-state index contributed by atoms with van der Waals surface area (Å²) >= 11 is 0. The number of alkyl halides is 2. The molecule has 2 saturated carbocycles. The fourth-order valence-corrected chi connectivity index (χ4v) is 8.43. The maximum Gasteiger partial charge on any atom is 0.292 e. The van der Waals surface area contributed by atoms with Crippen LogP contribution in [0.25, 0.3) is 11.0 Å². The number of hydrogen-bond acceptors (Lipinski definition) is 11. The number of sulfonamides is 1. The maximum absolute atomic E-state index is 14.9. The molecule has 0 radical (unpaired) electrons. The number of benzene rings is 1. The second-order valence-corrected chi connectivity index (χ2v) is 16.6. The van der Waals surface area contributed by atoms with Crippen molar-refractivity contribution in [3.63, 3.8) is 0 Å². The normalized spacial score (nSPS) is 27.1. The molecule has 4 amide bonds.